The maximum absolute atomic E-state index is 13.2. The first-order chi connectivity index (χ1) is 12.2. The Morgan fingerprint density at radius 3 is 3.04 bits per heavy atom. The normalized spacial score (nSPS) is 23.6. The van der Waals surface area contributed by atoms with E-state index in [9.17, 15) is 9.18 Å². The Labute approximate surface area is 146 Å². The molecule has 1 saturated heterocycles. The molecule has 2 amide bonds. The average Bonchev–Trinajstić information content (AvgIpc) is 3.38. The van der Waals surface area contributed by atoms with Crippen molar-refractivity contribution in [2.24, 2.45) is 5.92 Å². The van der Waals surface area contributed by atoms with Crippen LogP contribution in [0.5, 0.6) is 0 Å². The molecule has 2 aromatic rings. The van der Waals surface area contributed by atoms with Gasteiger partial charge in [0.05, 0.1) is 6.10 Å². The van der Waals surface area contributed by atoms with Crippen molar-refractivity contribution in [1.82, 2.24) is 15.6 Å². The number of amides is 2. The van der Waals surface area contributed by atoms with Crippen LogP contribution in [0.25, 0.3) is 10.9 Å². The van der Waals surface area contributed by atoms with Crippen LogP contribution in [-0.2, 0) is 11.2 Å². The van der Waals surface area contributed by atoms with Gasteiger partial charge in [-0.1, -0.05) is 0 Å². The fourth-order valence-electron chi connectivity index (χ4n) is 3.67. The van der Waals surface area contributed by atoms with Gasteiger partial charge in [-0.15, -0.1) is 0 Å². The van der Waals surface area contributed by atoms with Gasteiger partial charge in [-0.2, -0.15) is 0 Å². The van der Waals surface area contributed by atoms with Gasteiger partial charge in [0.25, 0.3) is 0 Å². The van der Waals surface area contributed by atoms with Crippen molar-refractivity contribution in [3.05, 3.63) is 35.8 Å². The highest BCUT2D eigenvalue weighted by Gasteiger charge is 2.36. The van der Waals surface area contributed by atoms with Gasteiger partial charge in [-0.05, 0) is 61.8 Å². The Bertz CT molecular complexity index is 756. The van der Waals surface area contributed by atoms with Crippen LogP contribution >= 0.6 is 0 Å². The summed E-state index contributed by atoms with van der Waals surface area (Å²) < 4.78 is 19.0. The molecule has 4 rings (SSSR count). The number of rotatable bonds is 5. The predicted octanol–water partition coefficient (Wildman–Crippen LogP) is 3.11. The van der Waals surface area contributed by atoms with Gasteiger partial charge in [0.1, 0.15) is 5.82 Å². The van der Waals surface area contributed by atoms with Crippen LogP contribution in [0.15, 0.2) is 24.4 Å². The van der Waals surface area contributed by atoms with E-state index in [1.54, 1.807) is 6.07 Å². The SMILES string of the molecule is O=C(NCCc1c[nH]c2cc(F)ccc12)N[C@H]1CCO[C@@H](C2CC2)C1. The van der Waals surface area contributed by atoms with Crippen LogP contribution in [0.2, 0.25) is 0 Å². The summed E-state index contributed by atoms with van der Waals surface area (Å²) in [4.78, 5) is 15.2. The van der Waals surface area contributed by atoms with Crippen LogP contribution in [0.4, 0.5) is 9.18 Å². The van der Waals surface area contributed by atoms with Gasteiger partial charge in [0.2, 0.25) is 0 Å². The molecule has 2 fully saturated rings. The predicted molar refractivity (Wildman–Crippen MR) is 94.0 cm³/mol. The minimum absolute atomic E-state index is 0.118. The highest BCUT2D eigenvalue weighted by molar-refractivity contribution is 5.83. The fraction of sp³-hybridized carbons (Fsp3) is 0.526. The van der Waals surface area contributed by atoms with Crippen LogP contribution in [0.3, 0.4) is 0 Å². The Kier molecular flexibility index (Phi) is 4.61. The van der Waals surface area contributed by atoms with Crippen molar-refractivity contribution in [2.75, 3.05) is 13.2 Å². The van der Waals surface area contributed by atoms with E-state index in [-0.39, 0.29) is 17.9 Å². The van der Waals surface area contributed by atoms with E-state index in [0.717, 1.165) is 35.9 Å². The molecule has 5 nitrogen and oxygen atoms in total. The smallest absolute Gasteiger partial charge is 0.315 e. The van der Waals surface area contributed by atoms with Gasteiger partial charge in [0.15, 0.2) is 0 Å². The zero-order valence-corrected chi connectivity index (χ0v) is 14.2. The van der Waals surface area contributed by atoms with Crippen molar-refractivity contribution in [3.63, 3.8) is 0 Å². The molecule has 25 heavy (non-hydrogen) atoms. The molecule has 2 aliphatic rings. The Balaban J connectivity index is 1.24. The van der Waals surface area contributed by atoms with Gasteiger partial charge >= 0.3 is 6.03 Å². The number of aromatic amines is 1. The minimum atomic E-state index is -0.251. The molecule has 2 heterocycles. The van der Waals surface area contributed by atoms with Crippen LogP contribution in [0.1, 0.15) is 31.2 Å². The van der Waals surface area contributed by atoms with Gasteiger partial charge in [-0.3, -0.25) is 0 Å². The first kappa shape index (κ1) is 16.4. The van der Waals surface area contributed by atoms with Crippen LogP contribution in [-0.4, -0.2) is 36.3 Å². The van der Waals surface area contributed by atoms with E-state index in [0.29, 0.717) is 25.0 Å². The van der Waals surface area contributed by atoms with Crippen molar-refractivity contribution < 1.29 is 13.9 Å². The number of H-pyrrole nitrogens is 1. The minimum Gasteiger partial charge on any atom is -0.378 e. The maximum atomic E-state index is 13.2. The lowest BCUT2D eigenvalue weighted by Crippen LogP contribution is -2.47. The van der Waals surface area contributed by atoms with E-state index >= 15 is 0 Å². The molecule has 3 N–H and O–H groups in total. The fourth-order valence-corrected chi connectivity index (χ4v) is 3.67. The molecule has 0 radical (unpaired) electrons. The molecule has 1 aromatic carbocycles. The van der Waals surface area contributed by atoms with E-state index in [1.807, 2.05) is 6.20 Å². The Morgan fingerprint density at radius 2 is 2.20 bits per heavy atom. The maximum Gasteiger partial charge on any atom is 0.315 e. The van der Waals surface area contributed by atoms with E-state index in [4.69, 9.17) is 4.74 Å². The topological polar surface area (TPSA) is 66.2 Å². The molecule has 0 unspecified atom stereocenters. The molecule has 1 saturated carbocycles. The lowest BCUT2D eigenvalue weighted by molar-refractivity contribution is -0.00913. The summed E-state index contributed by atoms with van der Waals surface area (Å²) in [5.74, 6) is 0.457. The summed E-state index contributed by atoms with van der Waals surface area (Å²) in [7, 11) is 0. The number of urea groups is 1. The number of hydrogen-bond donors (Lipinski definition) is 3. The second kappa shape index (κ2) is 7.04. The lowest BCUT2D eigenvalue weighted by Gasteiger charge is -2.30. The lowest BCUT2D eigenvalue weighted by atomic mass is 10.0. The van der Waals surface area contributed by atoms with E-state index in [1.165, 1.54) is 25.0 Å². The van der Waals surface area contributed by atoms with Gasteiger partial charge in [0, 0.05) is 36.3 Å². The van der Waals surface area contributed by atoms with Crippen LogP contribution in [0, 0.1) is 11.7 Å². The average molecular weight is 345 g/mol. The summed E-state index contributed by atoms with van der Waals surface area (Å²) in [5.41, 5.74) is 1.86. The van der Waals surface area contributed by atoms with Crippen molar-refractivity contribution in [2.45, 2.75) is 44.2 Å². The highest BCUT2D eigenvalue weighted by atomic mass is 19.1. The number of hydrogen-bond acceptors (Lipinski definition) is 2. The summed E-state index contributed by atoms with van der Waals surface area (Å²) in [6.07, 6.45) is 7.23. The molecule has 1 aromatic heterocycles. The largest absolute Gasteiger partial charge is 0.378 e. The monoisotopic (exact) mass is 345 g/mol. The number of nitrogens with one attached hydrogen (secondary N) is 3. The van der Waals surface area contributed by atoms with Gasteiger partial charge in [-0.25, -0.2) is 9.18 Å². The second-order valence-electron chi connectivity index (χ2n) is 7.12. The van der Waals surface area contributed by atoms with Crippen molar-refractivity contribution in [3.8, 4) is 0 Å². The third kappa shape index (κ3) is 3.95. The van der Waals surface area contributed by atoms with Crippen molar-refractivity contribution in [1.29, 1.82) is 0 Å². The highest BCUT2D eigenvalue weighted by Crippen LogP contribution is 2.38. The Morgan fingerprint density at radius 1 is 1.32 bits per heavy atom. The summed E-state index contributed by atoms with van der Waals surface area (Å²) in [6.45, 7) is 1.28. The first-order valence-electron chi connectivity index (χ1n) is 9.10. The number of benzene rings is 1. The number of aromatic nitrogens is 1. The quantitative estimate of drug-likeness (QED) is 0.779. The van der Waals surface area contributed by atoms with Crippen molar-refractivity contribution >= 4 is 16.9 Å². The molecule has 0 spiro atoms. The third-order valence-electron chi connectivity index (χ3n) is 5.21. The molecule has 6 heteroatoms. The Hall–Kier alpha value is -2.08. The summed E-state index contributed by atoms with van der Waals surface area (Å²) >= 11 is 0. The molecule has 0 bridgehead atoms. The third-order valence-corrected chi connectivity index (χ3v) is 5.21. The number of halogens is 1. The first-order valence-corrected chi connectivity index (χ1v) is 9.10. The molecule has 2 atom stereocenters. The number of carbonyl (C=O) groups excluding carboxylic acids is 1. The summed E-state index contributed by atoms with van der Waals surface area (Å²) in [5, 5.41) is 6.99. The number of ether oxygens (including phenoxy) is 1. The standard InChI is InChI=1S/C19H24FN3O2/c20-14-3-4-16-13(11-22-17(16)9-14)5-7-21-19(24)23-15-6-8-25-18(10-15)12-1-2-12/h3-4,9,11-12,15,18,22H,1-2,5-8,10H2,(H2,21,23,24)/t15-,18+/m0/s1. The molecular weight excluding hydrogens is 321 g/mol. The number of fused-ring (bicyclic) bond motifs is 1. The zero-order valence-electron chi connectivity index (χ0n) is 14.2. The zero-order chi connectivity index (χ0) is 17.2. The van der Waals surface area contributed by atoms with E-state index < -0.39 is 0 Å². The van der Waals surface area contributed by atoms with E-state index in [2.05, 4.69) is 15.6 Å². The molecule has 134 valence electrons. The number of carbonyl (C=O) groups is 1. The van der Waals surface area contributed by atoms with Gasteiger partial charge < -0.3 is 20.4 Å². The second-order valence-corrected chi connectivity index (χ2v) is 7.12. The molecule has 1 aliphatic carbocycles. The summed E-state index contributed by atoms with van der Waals surface area (Å²) in [6, 6.07) is 4.81. The molecular formula is C19H24FN3O2. The van der Waals surface area contributed by atoms with Crippen LogP contribution < -0.4 is 10.6 Å². The molecule has 1 aliphatic heterocycles.